The van der Waals surface area contributed by atoms with Crippen LogP contribution in [-0.2, 0) is 0 Å². The van der Waals surface area contributed by atoms with Gasteiger partial charge in [0.1, 0.15) is 5.82 Å². The Hall–Kier alpha value is -1.15. The summed E-state index contributed by atoms with van der Waals surface area (Å²) < 4.78 is 12.7. The first kappa shape index (κ1) is 10.9. The van der Waals surface area contributed by atoms with E-state index in [1.54, 1.807) is 12.1 Å². The van der Waals surface area contributed by atoms with Gasteiger partial charge in [0.2, 0.25) is 0 Å². The van der Waals surface area contributed by atoms with Gasteiger partial charge in [-0.3, -0.25) is 4.79 Å². The zero-order valence-electron chi connectivity index (χ0n) is 7.54. The standard InChI is InChI=1S/C11H10ClFO/c12-6-2-1-3-9-4-5-11(13)7-10(9)8-14/h1,3-5,7-8H,2,6H2. The van der Waals surface area contributed by atoms with E-state index in [1.165, 1.54) is 12.1 Å². The van der Waals surface area contributed by atoms with E-state index >= 15 is 0 Å². The summed E-state index contributed by atoms with van der Waals surface area (Å²) in [6, 6.07) is 4.12. The lowest BCUT2D eigenvalue weighted by Crippen LogP contribution is -1.87. The molecule has 0 fully saturated rings. The Morgan fingerprint density at radius 1 is 1.36 bits per heavy atom. The van der Waals surface area contributed by atoms with Crippen molar-refractivity contribution in [3.05, 3.63) is 41.2 Å². The van der Waals surface area contributed by atoms with E-state index in [9.17, 15) is 9.18 Å². The minimum atomic E-state index is -0.401. The molecule has 0 aliphatic heterocycles. The van der Waals surface area contributed by atoms with Gasteiger partial charge in [0.15, 0.2) is 6.29 Å². The fourth-order valence-electron chi connectivity index (χ4n) is 1.07. The van der Waals surface area contributed by atoms with Gasteiger partial charge in [0.05, 0.1) is 0 Å². The summed E-state index contributed by atoms with van der Waals surface area (Å²) in [6.45, 7) is 0. The van der Waals surface area contributed by atoms with Crippen LogP contribution in [0.4, 0.5) is 4.39 Å². The molecule has 0 N–H and O–H groups in total. The van der Waals surface area contributed by atoms with Crippen LogP contribution in [0.2, 0.25) is 0 Å². The molecule has 74 valence electrons. The van der Waals surface area contributed by atoms with Crippen molar-refractivity contribution in [1.29, 1.82) is 0 Å². The third-order valence-electron chi connectivity index (χ3n) is 1.75. The van der Waals surface area contributed by atoms with Gasteiger partial charge in [-0.25, -0.2) is 4.39 Å². The molecule has 0 amide bonds. The molecule has 0 atom stereocenters. The van der Waals surface area contributed by atoms with Crippen LogP contribution in [0.5, 0.6) is 0 Å². The highest BCUT2D eigenvalue weighted by Crippen LogP contribution is 2.11. The Kier molecular flexibility index (Phi) is 4.33. The molecule has 1 rings (SSSR count). The fraction of sp³-hybridized carbons (Fsp3) is 0.182. The molecule has 0 heterocycles. The molecule has 0 aliphatic rings. The van der Waals surface area contributed by atoms with Crippen molar-refractivity contribution in [2.75, 3.05) is 5.88 Å². The molecule has 0 radical (unpaired) electrons. The average molecular weight is 213 g/mol. The number of allylic oxidation sites excluding steroid dienone is 1. The minimum absolute atomic E-state index is 0.357. The van der Waals surface area contributed by atoms with Crippen LogP contribution in [0, 0.1) is 5.82 Å². The molecule has 1 aromatic carbocycles. The van der Waals surface area contributed by atoms with Crippen LogP contribution in [0.1, 0.15) is 22.3 Å². The first-order chi connectivity index (χ1) is 6.77. The van der Waals surface area contributed by atoms with Crippen LogP contribution < -0.4 is 0 Å². The first-order valence-corrected chi connectivity index (χ1v) is 4.78. The van der Waals surface area contributed by atoms with Crippen molar-refractivity contribution in [3.8, 4) is 0 Å². The second kappa shape index (κ2) is 5.55. The predicted octanol–water partition coefficient (Wildman–Crippen LogP) is 3.28. The van der Waals surface area contributed by atoms with Crippen LogP contribution in [0.25, 0.3) is 6.08 Å². The maximum Gasteiger partial charge on any atom is 0.150 e. The van der Waals surface area contributed by atoms with Crippen molar-refractivity contribution >= 4 is 24.0 Å². The summed E-state index contributed by atoms with van der Waals surface area (Å²) in [5.41, 5.74) is 1.07. The van der Waals surface area contributed by atoms with Crippen molar-refractivity contribution in [3.63, 3.8) is 0 Å². The van der Waals surface area contributed by atoms with Crippen LogP contribution in [0.3, 0.4) is 0 Å². The van der Waals surface area contributed by atoms with E-state index in [4.69, 9.17) is 11.6 Å². The second-order valence-electron chi connectivity index (χ2n) is 2.77. The fourth-order valence-corrected chi connectivity index (χ4v) is 1.20. The van der Waals surface area contributed by atoms with Crippen LogP contribution in [-0.4, -0.2) is 12.2 Å². The lowest BCUT2D eigenvalue weighted by molar-refractivity contribution is 0.112. The number of alkyl halides is 1. The summed E-state index contributed by atoms with van der Waals surface area (Å²) in [5.74, 6) is 0.135. The zero-order chi connectivity index (χ0) is 10.4. The molecule has 3 heteroatoms. The maximum atomic E-state index is 12.7. The predicted molar refractivity (Wildman–Crippen MR) is 56.2 cm³/mol. The third kappa shape index (κ3) is 2.96. The minimum Gasteiger partial charge on any atom is -0.298 e. The Bertz CT molecular complexity index is 347. The summed E-state index contributed by atoms with van der Waals surface area (Å²) in [6.07, 6.45) is 5.00. The summed E-state index contributed by atoms with van der Waals surface area (Å²) in [4.78, 5) is 10.6. The van der Waals surface area contributed by atoms with E-state index in [-0.39, 0.29) is 0 Å². The maximum absolute atomic E-state index is 12.7. The number of halogens is 2. The van der Waals surface area contributed by atoms with Gasteiger partial charge in [-0.2, -0.15) is 0 Å². The number of hydrogen-bond donors (Lipinski definition) is 0. The highest BCUT2D eigenvalue weighted by atomic mass is 35.5. The number of hydrogen-bond acceptors (Lipinski definition) is 1. The molecular weight excluding hydrogens is 203 g/mol. The van der Waals surface area contributed by atoms with E-state index in [0.717, 1.165) is 6.42 Å². The van der Waals surface area contributed by atoms with Crippen molar-refractivity contribution in [2.24, 2.45) is 0 Å². The van der Waals surface area contributed by atoms with Gasteiger partial charge in [-0.05, 0) is 24.1 Å². The Labute approximate surface area is 87.2 Å². The van der Waals surface area contributed by atoms with Crippen molar-refractivity contribution in [1.82, 2.24) is 0 Å². The molecule has 1 aromatic rings. The number of rotatable bonds is 4. The highest BCUT2D eigenvalue weighted by molar-refractivity contribution is 6.17. The van der Waals surface area contributed by atoms with Crippen molar-refractivity contribution < 1.29 is 9.18 Å². The molecule has 0 bridgehead atoms. The third-order valence-corrected chi connectivity index (χ3v) is 1.97. The SMILES string of the molecule is O=Cc1cc(F)ccc1C=CCCCl. The number of carbonyl (C=O) groups is 1. The van der Waals surface area contributed by atoms with E-state index in [1.807, 2.05) is 6.08 Å². The average Bonchev–Trinajstić information content (AvgIpc) is 2.20. The molecule has 0 saturated heterocycles. The molecule has 0 aliphatic carbocycles. The van der Waals surface area contributed by atoms with Crippen molar-refractivity contribution in [2.45, 2.75) is 6.42 Å². The Morgan fingerprint density at radius 3 is 2.79 bits per heavy atom. The highest BCUT2D eigenvalue weighted by Gasteiger charge is 1.99. The summed E-state index contributed by atoms with van der Waals surface area (Å²) >= 11 is 5.49. The molecule has 14 heavy (non-hydrogen) atoms. The van der Waals surface area contributed by atoms with Gasteiger partial charge in [0.25, 0.3) is 0 Å². The van der Waals surface area contributed by atoms with Crippen LogP contribution >= 0.6 is 11.6 Å². The molecule has 0 saturated carbocycles. The lowest BCUT2D eigenvalue weighted by atomic mass is 10.1. The quantitative estimate of drug-likeness (QED) is 0.553. The van der Waals surface area contributed by atoms with E-state index in [2.05, 4.69) is 0 Å². The van der Waals surface area contributed by atoms with Crippen LogP contribution in [0.15, 0.2) is 24.3 Å². The van der Waals surface area contributed by atoms with Gasteiger partial charge in [-0.1, -0.05) is 18.2 Å². The smallest absolute Gasteiger partial charge is 0.150 e. The molecule has 0 unspecified atom stereocenters. The van der Waals surface area contributed by atoms with Gasteiger partial charge in [0, 0.05) is 11.4 Å². The number of carbonyl (C=O) groups excluding carboxylic acids is 1. The van der Waals surface area contributed by atoms with E-state index in [0.29, 0.717) is 23.3 Å². The molecular formula is C11H10ClFO. The Morgan fingerprint density at radius 2 is 2.14 bits per heavy atom. The summed E-state index contributed by atoms with van der Waals surface area (Å²) in [5, 5.41) is 0. The zero-order valence-corrected chi connectivity index (χ0v) is 8.30. The first-order valence-electron chi connectivity index (χ1n) is 4.25. The lowest BCUT2D eigenvalue weighted by Gasteiger charge is -1.98. The monoisotopic (exact) mass is 212 g/mol. The topological polar surface area (TPSA) is 17.1 Å². The molecule has 0 spiro atoms. The van der Waals surface area contributed by atoms with Gasteiger partial charge in [-0.15, -0.1) is 11.6 Å². The second-order valence-corrected chi connectivity index (χ2v) is 3.15. The summed E-state index contributed by atoms with van der Waals surface area (Å²) in [7, 11) is 0. The van der Waals surface area contributed by atoms with E-state index < -0.39 is 5.82 Å². The normalized spacial score (nSPS) is 10.7. The molecule has 0 aromatic heterocycles. The van der Waals surface area contributed by atoms with Gasteiger partial charge >= 0.3 is 0 Å². The number of aldehydes is 1. The molecule has 1 nitrogen and oxygen atoms in total. The van der Waals surface area contributed by atoms with Gasteiger partial charge < -0.3 is 0 Å². The Balaban J connectivity index is 2.90. The largest absolute Gasteiger partial charge is 0.298 e. The number of benzene rings is 1.